The Morgan fingerprint density at radius 1 is 1.17 bits per heavy atom. The summed E-state index contributed by atoms with van der Waals surface area (Å²) in [5.41, 5.74) is 4.71. The molecule has 2 aromatic carbocycles. The van der Waals surface area contributed by atoms with Crippen molar-refractivity contribution in [2.75, 3.05) is 57.3 Å². The maximum atomic E-state index is 12.9. The predicted octanol–water partition coefficient (Wildman–Crippen LogP) is 6.10. The van der Waals surface area contributed by atoms with Crippen molar-refractivity contribution in [2.45, 2.75) is 46.8 Å². The number of nitrogens with one attached hydrogen (secondary N) is 4. The zero-order valence-corrected chi connectivity index (χ0v) is 28.6. The summed E-state index contributed by atoms with van der Waals surface area (Å²) in [7, 11) is 1.56. The lowest BCUT2D eigenvalue weighted by atomic mass is 10.1. The fraction of sp³-hybridized carbons (Fsp3) is 0.417. The van der Waals surface area contributed by atoms with E-state index in [1.807, 2.05) is 44.3 Å². The number of hydrogen-bond donors (Lipinski definition) is 4. The predicted molar refractivity (Wildman–Crippen MR) is 187 cm³/mol. The van der Waals surface area contributed by atoms with Gasteiger partial charge in [0.1, 0.15) is 24.2 Å². The van der Waals surface area contributed by atoms with Crippen LogP contribution < -0.4 is 21.3 Å². The van der Waals surface area contributed by atoms with Crippen LogP contribution in [-0.4, -0.2) is 69.8 Å². The molecule has 0 saturated carbocycles. The van der Waals surface area contributed by atoms with E-state index in [1.54, 1.807) is 31.4 Å². The van der Waals surface area contributed by atoms with Gasteiger partial charge < -0.3 is 40.2 Å². The van der Waals surface area contributed by atoms with Crippen LogP contribution in [0.3, 0.4) is 0 Å². The molecule has 48 heavy (non-hydrogen) atoms. The summed E-state index contributed by atoms with van der Waals surface area (Å²) >= 11 is 0. The Bertz CT molecular complexity index is 1500. The zero-order valence-electron chi connectivity index (χ0n) is 28.6. The second-order valence-electron chi connectivity index (χ2n) is 11.9. The first-order chi connectivity index (χ1) is 23.1. The molecule has 0 saturated heterocycles. The van der Waals surface area contributed by atoms with E-state index >= 15 is 0 Å². The van der Waals surface area contributed by atoms with Gasteiger partial charge in [-0.05, 0) is 67.3 Å². The molecular weight excluding hydrogens is 612 g/mol. The highest BCUT2D eigenvalue weighted by Crippen LogP contribution is 2.24. The number of benzene rings is 2. The molecule has 1 atom stereocenters. The summed E-state index contributed by atoms with van der Waals surface area (Å²) in [6.45, 7) is 14.5. The number of amides is 3. The van der Waals surface area contributed by atoms with Crippen molar-refractivity contribution >= 4 is 29.3 Å². The lowest BCUT2D eigenvalue weighted by molar-refractivity contribution is 0.0000500. The lowest BCUT2D eigenvalue weighted by Gasteiger charge is -2.28. The first-order valence-corrected chi connectivity index (χ1v) is 15.9. The summed E-state index contributed by atoms with van der Waals surface area (Å²) in [5.74, 6) is 1.73. The Morgan fingerprint density at radius 2 is 1.94 bits per heavy atom. The minimum atomic E-state index is -0.609. The molecule has 0 fully saturated rings. The number of carbonyl (C=O) groups excluding carboxylic acids is 2. The third-order valence-corrected chi connectivity index (χ3v) is 7.03. The van der Waals surface area contributed by atoms with E-state index in [0.29, 0.717) is 49.3 Å². The van der Waals surface area contributed by atoms with E-state index in [1.165, 1.54) is 0 Å². The van der Waals surface area contributed by atoms with Crippen molar-refractivity contribution < 1.29 is 28.5 Å². The molecule has 1 unspecified atom stereocenters. The number of rotatable bonds is 18. The van der Waals surface area contributed by atoms with E-state index in [-0.39, 0.29) is 19.8 Å². The number of urea groups is 1. The number of carbonyl (C=O) groups is 2. The molecular formula is C36H48N6O6. The number of anilines is 2. The van der Waals surface area contributed by atoms with Crippen LogP contribution in [0.4, 0.5) is 21.0 Å². The molecule has 12 heteroatoms. The van der Waals surface area contributed by atoms with Crippen molar-refractivity contribution in [1.82, 2.24) is 15.5 Å². The number of hydrogen-bond acceptors (Lipinski definition) is 9. The highest BCUT2D eigenvalue weighted by atomic mass is 16.6. The fourth-order valence-electron chi connectivity index (χ4n) is 5.01. The molecule has 2 aromatic rings. The molecule has 0 radical (unpaired) electrons. The van der Waals surface area contributed by atoms with E-state index in [9.17, 15) is 9.59 Å². The highest BCUT2D eigenvalue weighted by Gasteiger charge is 2.20. The molecule has 4 N–H and O–H groups in total. The van der Waals surface area contributed by atoms with Crippen LogP contribution in [0.5, 0.6) is 0 Å². The van der Waals surface area contributed by atoms with Gasteiger partial charge in [-0.25, -0.2) is 9.59 Å². The molecule has 3 rings (SSSR count). The van der Waals surface area contributed by atoms with Crippen LogP contribution in [0.1, 0.15) is 43.9 Å². The maximum absolute atomic E-state index is 12.9. The maximum Gasteiger partial charge on any atom is 0.407 e. The van der Waals surface area contributed by atoms with Crippen LogP contribution >= 0.6 is 0 Å². The molecule has 0 bridgehead atoms. The quantitative estimate of drug-likeness (QED) is 0.110. The summed E-state index contributed by atoms with van der Waals surface area (Å²) in [6, 6.07) is 14.6. The molecule has 258 valence electrons. The van der Waals surface area contributed by atoms with E-state index in [0.717, 1.165) is 34.6 Å². The van der Waals surface area contributed by atoms with Gasteiger partial charge in [0.2, 0.25) is 0 Å². The molecule has 0 spiro atoms. The van der Waals surface area contributed by atoms with Gasteiger partial charge >= 0.3 is 12.1 Å². The smallest absolute Gasteiger partial charge is 0.407 e. The van der Waals surface area contributed by atoms with Crippen LogP contribution in [-0.2, 0) is 25.5 Å². The summed E-state index contributed by atoms with van der Waals surface area (Å²) in [5, 5.41) is 20.6. The summed E-state index contributed by atoms with van der Waals surface area (Å²) < 4.78 is 22.6. The van der Waals surface area contributed by atoms with E-state index < -0.39 is 18.2 Å². The Kier molecular flexibility index (Phi) is 15.3. The third kappa shape index (κ3) is 13.4. The van der Waals surface area contributed by atoms with E-state index in [4.69, 9.17) is 24.2 Å². The average Bonchev–Trinajstić information content (AvgIpc) is 3.56. The second kappa shape index (κ2) is 19.6. The number of alkyl carbamates (subject to hydrolysis) is 1. The molecule has 1 heterocycles. The molecule has 0 aliphatic carbocycles. The normalized spacial score (nSPS) is 13.1. The van der Waals surface area contributed by atoms with Crippen LogP contribution in [0.15, 0.2) is 72.7 Å². The average molecular weight is 661 g/mol. The molecule has 12 nitrogen and oxygen atoms in total. The van der Waals surface area contributed by atoms with Gasteiger partial charge in [0.25, 0.3) is 0 Å². The molecule has 3 amide bonds. The molecule has 1 aliphatic rings. The number of allylic oxidation sites excluding steroid dienone is 2. The van der Waals surface area contributed by atoms with Crippen LogP contribution in [0.2, 0.25) is 0 Å². The first-order valence-electron chi connectivity index (χ1n) is 15.9. The van der Waals surface area contributed by atoms with Crippen molar-refractivity contribution in [1.29, 1.82) is 5.26 Å². The van der Waals surface area contributed by atoms with Gasteiger partial charge in [-0.2, -0.15) is 5.26 Å². The minimum Gasteiger partial charge on any atom is -0.499 e. The monoisotopic (exact) mass is 660 g/mol. The number of methoxy groups -OCH3 is 1. The van der Waals surface area contributed by atoms with Gasteiger partial charge in [0.15, 0.2) is 6.73 Å². The number of ether oxygens (including phenoxy) is 4. The highest BCUT2D eigenvalue weighted by molar-refractivity contribution is 6.00. The summed E-state index contributed by atoms with van der Waals surface area (Å²) in [4.78, 5) is 27.8. The second-order valence-corrected chi connectivity index (χ2v) is 11.9. The minimum absolute atomic E-state index is 0.130. The summed E-state index contributed by atoms with van der Waals surface area (Å²) in [6.07, 6.45) is 2.76. The van der Waals surface area contributed by atoms with Crippen LogP contribution in [0, 0.1) is 24.2 Å². The topological polar surface area (TPSA) is 146 Å². The Morgan fingerprint density at radius 3 is 2.58 bits per heavy atom. The standard InChI is InChI=1S/C36H48N6O6/c1-25(2)15-31(45-6)22-46-23-32(21-42(14-8-13-37)20-26(3)4)48-36(44)39-18-28-9-7-10-29(17-28)40-35(43)41-30-11-12-33(27(5)16-30)34-19-38-24-47-34/h7,9-12,15-17,19,26,32,38H,1,8,14,18,20-24H2,2-6H3,(H,39,44)(H2,40,41,43)/b31-15-. The lowest BCUT2D eigenvalue weighted by Crippen LogP contribution is -2.41. The van der Waals surface area contributed by atoms with Crippen molar-refractivity contribution in [2.24, 2.45) is 5.92 Å². The van der Waals surface area contributed by atoms with Gasteiger partial charge in [0, 0.05) is 55.7 Å². The number of aryl methyl sites for hydroxylation is 1. The van der Waals surface area contributed by atoms with E-state index in [2.05, 4.69) is 52.7 Å². The Hall–Kier alpha value is -4.99. The number of nitriles is 1. The molecule has 0 aromatic heterocycles. The fourth-order valence-corrected chi connectivity index (χ4v) is 5.01. The Labute approximate surface area is 283 Å². The van der Waals surface area contributed by atoms with Gasteiger partial charge in [-0.3, -0.25) is 4.90 Å². The van der Waals surface area contributed by atoms with Gasteiger partial charge in [-0.15, -0.1) is 0 Å². The van der Waals surface area contributed by atoms with Crippen molar-refractivity contribution in [3.8, 4) is 6.07 Å². The zero-order chi connectivity index (χ0) is 34.9. The van der Waals surface area contributed by atoms with Crippen molar-refractivity contribution in [3.05, 3.63) is 89.3 Å². The molecule has 1 aliphatic heterocycles. The first kappa shape index (κ1) is 37.5. The van der Waals surface area contributed by atoms with Gasteiger partial charge in [-0.1, -0.05) is 38.1 Å². The largest absolute Gasteiger partial charge is 0.499 e. The third-order valence-electron chi connectivity index (χ3n) is 7.03. The van der Waals surface area contributed by atoms with Crippen molar-refractivity contribution in [3.63, 3.8) is 0 Å². The number of nitrogens with zero attached hydrogens (tertiary/aromatic N) is 2. The van der Waals surface area contributed by atoms with Gasteiger partial charge in [0.05, 0.1) is 19.8 Å². The van der Waals surface area contributed by atoms with Crippen LogP contribution in [0.25, 0.3) is 5.76 Å². The Balaban J connectivity index is 1.57. The SMILES string of the molecule is C=C(C)/C=C(/COCC(CN(CCC#N)CC(C)C)OC(=O)NCc1cccc(NC(=O)Nc2ccc(C3=CNCO3)c(C)c2)c1)OC.